The molecule has 0 aliphatic carbocycles. The van der Waals surface area contributed by atoms with Gasteiger partial charge in [0.15, 0.2) is 6.10 Å². The fourth-order valence-corrected chi connectivity index (χ4v) is 5.21. The minimum absolute atomic E-state index is 0.0716. The average Bonchev–Trinajstić information content (AvgIpc) is 3.46. The summed E-state index contributed by atoms with van der Waals surface area (Å²) in [5.74, 6) is 0.0402. The number of hydrogen-bond donors (Lipinski definition) is 0. The standard InChI is InChI=1S/C26H31N2O10P/c1-30-21-13-19(14-22(17-21)31-2)25(38-39(29,36-9-5-7-27)37-10-6-8-28)26(34-11-12-35-26)20-15-23(32-3)18-24(16-20)33-4/h13-18,25H,5-6,9-12H2,1-4H3. The van der Waals surface area contributed by atoms with Gasteiger partial charge in [-0.1, -0.05) is 0 Å². The molecule has 1 aliphatic rings. The van der Waals surface area contributed by atoms with Gasteiger partial charge in [-0.25, -0.2) is 4.57 Å². The topological polar surface area (TPSA) is 148 Å². The first-order chi connectivity index (χ1) is 18.9. The van der Waals surface area contributed by atoms with Gasteiger partial charge in [-0.15, -0.1) is 0 Å². The van der Waals surface area contributed by atoms with Crippen molar-refractivity contribution in [1.82, 2.24) is 0 Å². The number of nitriles is 2. The molecule has 2 aromatic rings. The van der Waals surface area contributed by atoms with E-state index in [0.29, 0.717) is 34.1 Å². The van der Waals surface area contributed by atoms with E-state index >= 15 is 0 Å². The van der Waals surface area contributed by atoms with Crippen LogP contribution in [0.3, 0.4) is 0 Å². The monoisotopic (exact) mass is 562 g/mol. The van der Waals surface area contributed by atoms with Crippen LogP contribution in [0.15, 0.2) is 36.4 Å². The minimum Gasteiger partial charge on any atom is -0.497 e. The van der Waals surface area contributed by atoms with Crippen molar-refractivity contribution in [1.29, 1.82) is 10.5 Å². The highest BCUT2D eigenvalue weighted by Gasteiger charge is 2.52. The van der Waals surface area contributed by atoms with E-state index in [9.17, 15) is 4.57 Å². The Labute approximate surface area is 227 Å². The summed E-state index contributed by atoms with van der Waals surface area (Å²) in [7, 11) is 1.57. The molecule has 0 spiro atoms. The molecule has 1 atom stereocenters. The molecule has 1 fully saturated rings. The number of nitrogens with zero attached hydrogens (tertiary/aromatic N) is 2. The average molecular weight is 563 g/mol. The van der Waals surface area contributed by atoms with E-state index in [1.54, 1.807) is 36.4 Å². The zero-order valence-corrected chi connectivity index (χ0v) is 23.1. The molecular formula is C26H31N2O10P. The highest BCUT2D eigenvalue weighted by atomic mass is 31.2. The third-order valence-electron chi connectivity index (χ3n) is 5.65. The van der Waals surface area contributed by atoms with E-state index in [2.05, 4.69) is 0 Å². The molecule has 0 saturated carbocycles. The van der Waals surface area contributed by atoms with Gasteiger partial charge < -0.3 is 28.4 Å². The second kappa shape index (κ2) is 14.2. The third-order valence-corrected chi connectivity index (χ3v) is 7.12. The number of phosphoric acid groups is 1. The molecule has 1 saturated heterocycles. The molecular weight excluding hydrogens is 531 g/mol. The zero-order valence-electron chi connectivity index (χ0n) is 22.2. The number of ether oxygens (including phenoxy) is 6. The molecule has 0 aromatic heterocycles. The van der Waals surface area contributed by atoms with Crippen molar-refractivity contribution in [3.05, 3.63) is 47.5 Å². The molecule has 2 aromatic carbocycles. The Morgan fingerprint density at radius 2 is 1.23 bits per heavy atom. The number of hydrogen-bond acceptors (Lipinski definition) is 12. The number of methoxy groups -OCH3 is 4. The minimum atomic E-state index is -4.41. The molecule has 39 heavy (non-hydrogen) atoms. The summed E-state index contributed by atoms with van der Waals surface area (Å²) >= 11 is 0. The van der Waals surface area contributed by atoms with Crippen LogP contribution in [0.1, 0.15) is 30.1 Å². The maximum atomic E-state index is 13.9. The van der Waals surface area contributed by atoms with Gasteiger partial charge in [-0.3, -0.25) is 13.6 Å². The van der Waals surface area contributed by atoms with E-state index in [4.69, 9.17) is 52.5 Å². The summed E-state index contributed by atoms with van der Waals surface area (Å²) < 4.78 is 65.2. The van der Waals surface area contributed by atoms with Gasteiger partial charge in [0.05, 0.1) is 79.8 Å². The fourth-order valence-electron chi connectivity index (χ4n) is 3.87. The van der Waals surface area contributed by atoms with E-state index < -0.39 is 19.7 Å². The number of benzene rings is 2. The second-order valence-corrected chi connectivity index (χ2v) is 9.65. The van der Waals surface area contributed by atoms with Crippen molar-refractivity contribution < 1.29 is 46.6 Å². The lowest BCUT2D eigenvalue weighted by atomic mass is 9.93. The molecule has 12 nitrogen and oxygen atoms in total. The van der Waals surface area contributed by atoms with Gasteiger partial charge in [-0.2, -0.15) is 10.5 Å². The Hall–Kier alpha value is -3.35. The molecule has 1 heterocycles. The Morgan fingerprint density at radius 3 is 1.64 bits per heavy atom. The van der Waals surface area contributed by atoms with Crippen LogP contribution >= 0.6 is 7.82 Å². The Morgan fingerprint density at radius 1 is 0.795 bits per heavy atom. The van der Waals surface area contributed by atoms with Crippen molar-refractivity contribution in [2.75, 3.05) is 54.9 Å². The smallest absolute Gasteiger partial charge is 0.475 e. The van der Waals surface area contributed by atoms with Crippen LogP contribution in [0, 0.1) is 22.7 Å². The van der Waals surface area contributed by atoms with E-state index in [1.807, 2.05) is 12.1 Å². The normalized spacial score (nSPS) is 15.1. The molecule has 13 heteroatoms. The van der Waals surface area contributed by atoms with Gasteiger partial charge in [0.2, 0.25) is 5.79 Å². The summed E-state index contributed by atoms with van der Waals surface area (Å²) in [4.78, 5) is 0. The van der Waals surface area contributed by atoms with Crippen LogP contribution in [0.2, 0.25) is 0 Å². The first-order valence-corrected chi connectivity index (χ1v) is 13.4. The largest absolute Gasteiger partial charge is 0.497 e. The summed E-state index contributed by atoms with van der Waals surface area (Å²) in [5.41, 5.74) is 0.825. The van der Waals surface area contributed by atoms with Crippen molar-refractivity contribution in [3.8, 4) is 35.1 Å². The van der Waals surface area contributed by atoms with Crippen LogP contribution in [-0.2, 0) is 33.4 Å². The van der Waals surface area contributed by atoms with Crippen LogP contribution in [0.25, 0.3) is 0 Å². The predicted octanol–water partition coefficient (Wildman–Crippen LogP) is 4.65. The van der Waals surface area contributed by atoms with Crippen molar-refractivity contribution in [2.45, 2.75) is 24.7 Å². The number of rotatable bonds is 15. The Balaban J connectivity index is 2.22. The Kier molecular flexibility index (Phi) is 11.0. The van der Waals surface area contributed by atoms with Crippen LogP contribution in [0.4, 0.5) is 0 Å². The molecule has 0 amide bonds. The lowest BCUT2D eigenvalue weighted by Crippen LogP contribution is -2.36. The maximum Gasteiger partial charge on any atom is 0.475 e. The highest BCUT2D eigenvalue weighted by Crippen LogP contribution is 2.59. The lowest BCUT2D eigenvalue weighted by Gasteiger charge is -2.37. The molecule has 3 rings (SSSR count). The molecule has 0 bridgehead atoms. The van der Waals surface area contributed by atoms with Gasteiger partial charge in [0.1, 0.15) is 23.0 Å². The van der Waals surface area contributed by atoms with Crippen molar-refractivity contribution in [2.24, 2.45) is 0 Å². The van der Waals surface area contributed by atoms with Gasteiger partial charge in [0.25, 0.3) is 0 Å². The van der Waals surface area contributed by atoms with Gasteiger partial charge in [0, 0.05) is 17.7 Å². The highest BCUT2D eigenvalue weighted by molar-refractivity contribution is 7.48. The van der Waals surface area contributed by atoms with E-state index in [-0.39, 0.29) is 39.3 Å². The van der Waals surface area contributed by atoms with Gasteiger partial charge in [-0.05, 0) is 29.8 Å². The SMILES string of the molecule is COc1cc(OC)cc(C(OP(=O)(OCCC#N)OCCC#N)C2(c3cc(OC)cc(OC)c3)OCCO2)c1. The Bertz CT molecular complexity index is 1170. The van der Waals surface area contributed by atoms with Crippen molar-refractivity contribution >= 4 is 7.82 Å². The van der Waals surface area contributed by atoms with Crippen LogP contribution < -0.4 is 18.9 Å². The van der Waals surface area contributed by atoms with E-state index in [1.165, 1.54) is 28.4 Å². The first kappa shape index (κ1) is 30.2. The maximum absolute atomic E-state index is 13.9. The van der Waals surface area contributed by atoms with Crippen molar-refractivity contribution in [3.63, 3.8) is 0 Å². The van der Waals surface area contributed by atoms with Crippen LogP contribution in [-0.4, -0.2) is 54.9 Å². The summed E-state index contributed by atoms with van der Waals surface area (Å²) in [6, 6.07) is 13.8. The van der Waals surface area contributed by atoms with E-state index in [0.717, 1.165) is 0 Å². The molecule has 1 unspecified atom stereocenters. The molecule has 0 radical (unpaired) electrons. The van der Waals surface area contributed by atoms with Crippen LogP contribution in [0.5, 0.6) is 23.0 Å². The lowest BCUT2D eigenvalue weighted by molar-refractivity contribution is -0.229. The fraction of sp³-hybridized carbons (Fsp3) is 0.462. The molecule has 210 valence electrons. The summed E-state index contributed by atoms with van der Waals surface area (Å²) in [6.45, 7) is -0.128. The molecule has 1 aliphatic heterocycles. The predicted molar refractivity (Wildman–Crippen MR) is 136 cm³/mol. The zero-order chi connectivity index (χ0) is 28.3. The number of phosphoric ester groups is 1. The second-order valence-electron chi connectivity index (χ2n) is 8.03. The quantitative estimate of drug-likeness (QED) is 0.220. The van der Waals surface area contributed by atoms with Gasteiger partial charge >= 0.3 is 7.82 Å². The first-order valence-electron chi connectivity index (χ1n) is 11.9. The summed E-state index contributed by atoms with van der Waals surface area (Å²) in [5, 5.41) is 18.0. The molecule has 0 N–H and O–H groups in total. The summed E-state index contributed by atoms with van der Waals surface area (Å²) in [6.07, 6.45) is -1.44. The third kappa shape index (κ3) is 7.40.